The van der Waals surface area contributed by atoms with E-state index < -0.39 is 5.97 Å². The van der Waals surface area contributed by atoms with Crippen LogP contribution < -0.4 is 5.32 Å². The van der Waals surface area contributed by atoms with Crippen molar-refractivity contribution in [2.45, 2.75) is 31.4 Å². The van der Waals surface area contributed by atoms with Crippen LogP contribution in [0.5, 0.6) is 0 Å². The first-order valence-corrected chi connectivity index (χ1v) is 7.59. The van der Waals surface area contributed by atoms with Crippen LogP contribution >= 0.6 is 11.8 Å². The molecule has 1 fully saturated rings. The molecule has 0 saturated carbocycles. The molecule has 104 valence electrons. The van der Waals surface area contributed by atoms with Crippen molar-refractivity contribution in [2.24, 2.45) is 5.92 Å². The number of rotatable bonds is 5. The number of likely N-dealkylation sites (tertiary alicyclic amines) is 1. The summed E-state index contributed by atoms with van der Waals surface area (Å²) in [5.74, 6) is -0.682. The Hall–Kier alpha value is -0.910. The third kappa shape index (κ3) is 5.16. The molecule has 2 N–H and O–H groups in total. The van der Waals surface area contributed by atoms with Crippen LogP contribution in [-0.4, -0.2) is 53.1 Å². The Morgan fingerprint density at radius 1 is 1.56 bits per heavy atom. The van der Waals surface area contributed by atoms with Crippen molar-refractivity contribution in [3.8, 4) is 0 Å². The van der Waals surface area contributed by atoms with Gasteiger partial charge in [0.05, 0.1) is 0 Å². The smallest absolute Gasteiger partial charge is 0.317 e. The molecule has 0 radical (unpaired) electrons. The van der Waals surface area contributed by atoms with Crippen molar-refractivity contribution < 1.29 is 14.7 Å². The maximum atomic E-state index is 11.9. The van der Waals surface area contributed by atoms with Gasteiger partial charge in [0.2, 0.25) is 0 Å². The number of nitrogens with zero attached hydrogens (tertiary/aromatic N) is 1. The maximum Gasteiger partial charge on any atom is 0.317 e. The molecule has 2 unspecified atom stereocenters. The molecule has 0 aromatic carbocycles. The molecule has 1 saturated heterocycles. The van der Waals surface area contributed by atoms with Gasteiger partial charge in [0.1, 0.15) is 0 Å². The van der Waals surface area contributed by atoms with Gasteiger partial charge in [-0.15, -0.1) is 0 Å². The monoisotopic (exact) mass is 274 g/mol. The summed E-state index contributed by atoms with van der Waals surface area (Å²) in [6.07, 6.45) is 3.96. The predicted octanol–water partition coefficient (Wildman–Crippen LogP) is 1.63. The summed E-state index contributed by atoms with van der Waals surface area (Å²) in [4.78, 5) is 24.3. The number of urea groups is 1. The molecule has 5 nitrogen and oxygen atoms in total. The highest BCUT2D eigenvalue weighted by Crippen LogP contribution is 2.19. The minimum atomic E-state index is -0.779. The van der Waals surface area contributed by atoms with Crippen molar-refractivity contribution in [2.75, 3.05) is 25.9 Å². The molecular weight excluding hydrogens is 252 g/mol. The second-order valence-electron chi connectivity index (χ2n) is 4.78. The number of thioether (sulfide) groups is 1. The predicted molar refractivity (Wildman–Crippen MR) is 72.9 cm³/mol. The van der Waals surface area contributed by atoms with E-state index in [0.29, 0.717) is 18.3 Å². The molecule has 2 atom stereocenters. The van der Waals surface area contributed by atoms with E-state index in [9.17, 15) is 9.59 Å². The van der Waals surface area contributed by atoms with Crippen molar-refractivity contribution in [1.29, 1.82) is 0 Å². The van der Waals surface area contributed by atoms with Gasteiger partial charge in [-0.2, -0.15) is 11.8 Å². The summed E-state index contributed by atoms with van der Waals surface area (Å²) in [6, 6.07) is -0.0639. The van der Waals surface area contributed by atoms with Gasteiger partial charge >= 0.3 is 12.0 Å². The van der Waals surface area contributed by atoms with Gasteiger partial charge in [0, 0.05) is 31.3 Å². The minimum Gasteiger partial charge on any atom is -0.481 e. The number of hydrogen-bond donors (Lipinski definition) is 2. The quantitative estimate of drug-likeness (QED) is 0.799. The fourth-order valence-corrected chi connectivity index (χ4v) is 2.34. The summed E-state index contributed by atoms with van der Waals surface area (Å²) >= 11 is 1.71. The summed E-state index contributed by atoms with van der Waals surface area (Å²) in [7, 11) is 0. The lowest BCUT2D eigenvalue weighted by Crippen LogP contribution is -2.47. The number of carboxylic acids is 1. The summed E-state index contributed by atoms with van der Waals surface area (Å²) in [5, 5.41) is 12.1. The fourth-order valence-electron chi connectivity index (χ4n) is 2.09. The lowest BCUT2D eigenvalue weighted by Gasteiger charge is -2.32. The molecule has 0 aliphatic carbocycles. The molecule has 0 spiro atoms. The summed E-state index contributed by atoms with van der Waals surface area (Å²) in [5.41, 5.74) is 0. The Labute approximate surface area is 112 Å². The van der Waals surface area contributed by atoms with Crippen molar-refractivity contribution >= 4 is 23.8 Å². The Bertz CT molecular complexity index is 299. The number of nitrogens with one attached hydrogen (secondary N) is 1. The van der Waals surface area contributed by atoms with E-state index in [1.165, 1.54) is 0 Å². The van der Waals surface area contributed by atoms with Crippen molar-refractivity contribution in [3.63, 3.8) is 0 Å². The normalized spacial score (nSPS) is 21.4. The first kappa shape index (κ1) is 15.1. The molecule has 1 heterocycles. The lowest BCUT2D eigenvalue weighted by atomic mass is 9.95. The Balaban J connectivity index is 2.36. The standard InChI is InChI=1S/C12H22N2O3S/c1-9(18-2)7-13-12(17)14-5-3-4-10(8-14)6-11(15)16/h9-10H,3-8H2,1-2H3,(H,13,17)(H,15,16). The van der Waals surface area contributed by atoms with E-state index >= 15 is 0 Å². The molecule has 18 heavy (non-hydrogen) atoms. The second-order valence-corrected chi connectivity index (χ2v) is 6.06. The van der Waals surface area contributed by atoms with Crippen LogP contribution in [0.2, 0.25) is 0 Å². The van der Waals surface area contributed by atoms with Gasteiger partial charge in [-0.25, -0.2) is 4.79 Å². The number of carbonyl (C=O) groups is 2. The van der Waals surface area contributed by atoms with E-state index in [2.05, 4.69) is 12.2 Å². The van der Waals surface area contributed by atoms with Crippen LogP contribution in [0.25, 0.3) is 0 Å². The highest BCUT2D eigenvalue weighted by molar-refractivity contribution is 7.99. The molecule has 0 aromatic rings. The summed E-state index contributed by atoms with van der Waals surface area (Å²) in [6.45, 7) is 4.01. The van der Waals surface area contributed by atoms with Crippen LogP contribution in [-0.2, 0) is 4.79 Å². The highest BCUT2D eigenvalue weighted by Gasteiger charge is 2.25. The molecule has 0 bridgehead atoms. The van der Waals surface area contributed by atoms with E-state index in [1.807, 2.05) is 6.26 Å². The molecule has 1 aliphatic rings. The number of amides is 2. The van der Waals surface area contributed by atoms with E-state index in [4.69, 9.17) is 5.11 Å². The molecule has 6 heteroatoms. The first-order valence-electron chi connectivity index (χ1n) is 6.30. The van der Waals surface area contributed by atoms with Crippen LogP contribution in [0, 0.1) is 5.92 Å². The average Bonchev–Trinajstić information content (AvgIpc) is 2.35. The summed E-state index contributed by atoms with van der Waals surface area (Å²) < 4.78 is 0. The topological polar surface area (TPSA) is 69.6 Å². The first-order chi connectivity index (χ1) is 8.52. The number of carbonyl (C=O) groups excluding carboxylic acids is 1. The van der Waals surface area contributed by atoms with Crippen molar-refractivity contribution in [3.05, 3.63) is 0 Å². The third-order valence-electron chi connectivity index (χ3n) is 3.21. The molecule has 2 amide bonds. The number of hydrogen-bond acceptors (Lipinski definition) is 3. The molecule has 1 rings (SSSR count). The number of carboxylic acid groups (broad SMARTS) is 1. The average molecular weight is 274 g/mol. The second kappa shape index (κ2) is 7.51. The van der Waals surface area contributed by atoms with Crippen LogP contribution in [0.15, 0.2) is 0 Å². The third-order valence-corrected chi connectivity index (χ3v) is 4.18. The van der Waals surface area contributed by atoms with Crippen LogP contribution in [0.3, 0.4) is 0 Å². The van der Waals surface area contributed by atoms with Crippen molar-refractivity contribution in [1.82, 2.24) is 10.2 Å². The maximum absolute atomic E-state index is 11.9. The van der Waals surface area contributed by atoms with Gasteiger partial charge < -0.3 is 15.3 Å². The van der Waals surface area contributed by atoms with E-state index in [1.54, 1.807) is 16.7 Å². The molecule has 0 aromatic heterocycles. The fraction of sp³-hybridized carbons (Fsp3) is 0.833. The highest BCUT2D eigenvalue weighted by atomic mass is 32.2. The number of piperidine rings is 1. The zero-order valence-electron chi connectivity index (χ0n) is 11.0. The minimum absolute atomic E-state index is 0.0639. The number of aliphatic carboxylic acids is 1. The zero-order chi connectivity index (χ0) is 13.5. The van der Waals surface area contributed by atoms with E-state index in [0.717, 1.165) is 19.4 Å². The van der Waals surface area contributed by atoms with Gasteiger partial charge in [0.25, 0.3) is 0 Å². The Morgan fingerprint density at radius 2 is 2.28 bits per heavy atom. The largest absolute Gasteiger partial charge is 0.481 e. The van der Waals surface area contributed by atoms with Gasteiger partial charge in [-0.3, -0.25) is 4.79 Å². The van der Waals surface area contributed by atoms with Crippen LogP contribution in [0.4, 0.5) is 4.79 Å². The molecular formula is C12H22N2O3S. The molecule has 1 aliphatic heterocycles. The zero-order valence-corrected chi connectivity index (χ0v) is 11.8. The Morgan fingerprint density at radius 3 is 2.89 bits per heavy atom. The lowest BCUT2D eigenvalue weighted by molar-refractivity contribution is -0.138. The van der Waals surface area contributed by atoms with Gasteiger partial charge in [0.15, 0.2) is 0 Å². The SMILES string of the molecule is CSC(C)CNC(=O)N1CCCC(CC(=O)O)C1. The Kier molecular flexibility index (Phi) is 6.32. The van der Waals surface area contributed by atoms with E-state index in [-0.39, 0.29) is 18.4 Å². The van der Waals surface area contributed by atoms with Gasteiger partial charge in [-0.05, 0) is 25.0 Å². The van der Waals surface area contributed by atoms with Crippen LogP contribution in [0.1, 0.15) is 26.2 Å². The van der Waals surface area contributed by atoms with Gasteiger partial charge in [-0.1, -0.05) is 6.92 Å².